The summed E-state index contributed by atoms with van der Waals surface area (Å²) < 4.78 is 71.9. The Morgan fingerprint density at radius 1 is 1.06 bits per heavy atom. The largest absolute Gasteiger partial charge is 0.496 e. The van der Waals surface area contributed by atoms with Gasteiger partial charge in [-0.3, -0.25) is 4.79 Å². The van der Waals surface area contributed by atoms with Crippen LogP contribution in [0.5, 0.6) is 5.75 Å². The SMILES string of the molecule is COc1ccc(C(=O)Nc2ccccc2C(F)(F)F)cc1CN(C)S(=O)(=O)c1ccc(Cl)cc1. The number of halogens is 4. The highest BCUT2D eigenvalue weighted by Gasteiger charge is 2.33. The number of rotatable bonds is 7. The first-order chi connectivity index (χ1) is 15.9. The fourth-order valence-corrected chi connectivity index (χ4v) is 4.46. The quantitative estimate of drug-likeness (QED) is 0.457. The molecule has 3 rings (SSSR count). The average molecular weight is 513 g/mol. The van der Waals surface area contributed by atoms with Gasteiger partial charge in [0.2, 0.25) is 10.0 Å². The van der Waals surface area contributed by atoms with Gasteiger partial charge in [0.15, 0.2) is 0 Å². The number of carbonyl (C=O) groups excluding carboxylic acids is 1. The molecule has 0 aliphatic heterocycles. The van der Waals surface area contributed by atoms with E-state index in [0.29, 0.717) is 16.3 Å². The smallest absolute Gasteiger partial charge is 0.418 e. The van der Waals surface area contributed by atoms with Crippen molar-refractivity contribution in [1.29, 1.82) is 0 Å². The van der Waals surface area contributed by atoms with E-state index in [1.807, 2.05) is 0 Å². The second-order valence-electron chi connectivity index (χ2n) is 7.24. The van der Waals surface area contributed by atoms with Gasteiger partial charge in [0.05, 0.1) is 23.3 Å². The molecule has 0 saturated carbocycles. The first-order valence-corrected chi connectivity index (χ1v) is 11.6. The van der Waals surface area contributed by atoms with Crippen LogP contribution in [0, 0.1) is 0 Å². The Labute approximate surface area is 200 Å². The van der Waals surface area contributed by atoms with Crippen LogP contribution in [0.15, 0.2) is 71.6 Å². The van der Waals surface area contributed by atoms with E-state index in [9.17, 15) is 26.4 Å². The highest BCUT2D eigenvalue weighted by molar-refractivity contribution is 7.89. The van der Waals surface area contributed by atoms with Gasteiger partial charge in [0.1, 0.15) is 5.75 Å². The van der Waals surface area contributed by atoms with Crippen LogP contribution in [0.4, 0.5) is 18.9 Å². The third kappa shape index (κ3) is 5.69. The topological polar surface area (TPSA) is 75.7 Å². The van der Waals surface area contributed by atoms with E-state index >= 15 is 0 Å². The molecule has 0 heterocycles. The van der Waals surface area contributed by atoms with Gasteiger partial charge >= 0.3 is 6.18 Å². The summed E-state index contributed by atoms with van der Waals surface area (Å²) in [5.74, 6) is -0.478. The molecule has 0 spiro atoms. The lowest BCUT2D eigenvalue weighted by molar-refractivity contribution is -0.136. The summed E-state index contributed by atoms with van der Waals surface area (Å²) in [6.07, 6.45) is -4.65. The van der Waals surface area contributed by atoms with Crippen LogP contribution in [0.3, 0.4) is 0 Å². The van der Waals surface area contributed by atoms with Gasteiger partial charge in [-0.2, -0.15) is 17.5 Å². The number of ether oxygens (including phenoxy) is 1. The minimum Gasteiger partial charge on any atom is -0.496 e. The first kappa shape index (κ1) is 25.5. The lowest BCUT2D eigenvalue weighted by atomic mass is 10.1. The van der Waals surface area contributed by atoms with Crippen LogP contribution in [0.25, 0.3) is 0 Å². The number of alkyl halides is 3. The van der Waals surface area contributed by atoms with Crippen LogP contribution in [0.1, 0.15) is 21.5 Å². The van der Waals surface area contributed by atoms with Crippen molar-refractivity contribution in [2.45, 2.75) is 17.6 Å². The molecule has 34 heavy (non-hydrogen) atoms. The summed E-state index contributed by atoms with van der Waals surface area (Å²) in [4.78, 5) is 12.7. The molecule has 180 valence electrons. The van der Waals surface area contributed by atoms with E-state index in [1.54, 1.807) is 0 Å². The Bertz CT molecular complexity index is 1300. The summed E-state index contributed by atoms with van der Waals surface area (Å²) in [5, 5.41) is 2.65. The number of anilines is 1. The number of nitrogens with zero attached hydrogens (tertiary/aromatic N) is 1. The van der Waals surface area contributed by atoms with E-state index in [1.165, 1.54) is 68.8 Å². The minimum absolute atomic E-state index is 0.0241. The Morgan fingerprint density at radius 2 is 1.71 bits per heavy atom. The number of benzene rings is 3. The molecule has 3 aromatic rings. The number of sulfonamides is 1. The molecule has 0 unspecified atom stereocenters. The van der Waals surface area contributed by atoms with E-state index in [2.05, 4.69) is 5.32 Å². The summed E-state index contributed by atoms with van der Waals surface area (Å²) in [7, 11) is -1.15. The van der Waals surface area contributed by atoms with Crippen LogP contribution in [0.2, 0.25) is 5.02 Å². The van der Waals surface area contributed by atoms with Gasteiger partial charge in [-0.1, -0.05) is 23.7 Å². The molecule has 0 bridgehead atoms. The maximum absolute atomic E-state index is 13.2. The van der Waals surface area contributed by atoms with Crippen molar-refractivity contribution < 1.29 is 31.1 Å². The molecule has 0 radical (unpaired) electrons. The van der Waals surface area contributed by atoms with Gasteiger partial charge in [-0.05, 0) is 54.6 Å². The zero-order valence-corrected chi connectivity index (χ0v) is 19.6. The standard InChI is InChI=1S/C23H20ClF3N2O4S/c1-29(34(31,32)18-10-8-17(24)9-11-18)14-16-13-15(7-12-21(16)33-2)22(30)28-20-6-4-3-5-19(20)23(25,26)27/h3-13H,14H2,1-2H3,(H,28,30). The Morgan fingerprint density at radius 3 is 2.32 bits per heavy atom. The van der Waals surface area contributed by atoms with E-state index < -0.39 is 27.7 Å². The van der Waals surface area contributed by atoms with Crippen molar-refractivity contribution >= 4 is 33.2 Å². The summed E-state index contributed by atoms with van der Waals surface area (Å²) in [6, 6.07) is 14.5. The summed E-state index contributed by atoms with van der Waals surface area (Å²) in [5.41, 5.74) is -0.991. The van der Waals surface area contributed by atoms with E-state index in [0.717, 1.165) is 16.4 Å². The van der Waals surface area contributed by atoms with Gasteiger partial charge < -0.3 is 10.1 Å². The summed E-state index contributed by atoms with van der Waals surface area (Å²) in [6.45, 7) is -0.158. The number of nitrogens with one attached hydrogen (secondary N) is 1. The molecule has 3 aromatic carbocycles. The van der Waals surface area contributed by atoms with Crippen molar-refractivity contribution in [3.05, 3.63) is 88.4 Å². The predicted molar refractivity (Wildman–Crippen MR) is 122 cm³/mol. The molecule has 11 heteroatoms. The zero-order chi connectivity index (χ0) is 25.1. The maximum Gasteiger partial charge on any atom is 0.418 e. The van der Waals surface area contributed by atoms with Crippen LogP contribution >= 0.6 is 11.6 Å². The first-order valence-electron chi connectivity index (χ1n) is 9.80. The fourth-order valence-electron chi connectivity index (χ4n) is 3.19. The second kappa shape index (κ2) is 10.0. The van der Waals surface area contributed by atoms with Gasteiger partial charge in [-0.25, -0.2) is 8.42 Å². The predicted octanol–water partition coefficient (Wildman–Crippen LogP) is 5.44. The number of carbonyl (C=O) groups is 1. The van der Waals surface area contributed by atoms with Gasteiger partial charge in [0.25, 0.3) is 5.91 Å². The fraction of sp³-hybridized carbons (Fsp3) is 0.174. The summed E-state index contributed by atoms with van der Waals surface area (Å²) >= 11 is 5.83. The highest BCUT2D eigenvalue weighted by atomic mass is 35.5. The van der Waals surface area contributed by atoms with Crippen LogP contribution in [-0.2, 0) is 22.7 Å². The molecule has 1 amide bonds. The number of para-hydroxylation sites is 1. The molecule has 0 aliphatic rings. The maximum atomic E-state index is 13.2. The van der Waals surface area contributed by atoms with E-state index in [4.69, 9.17) is 16.3 Å². The highest BCUT2D eigenvalue weighted by Crippen LogP contribution is 2.35. The van der Waals surface area contributed by atoms with Crippen molar-refractivity contribution in [3.8, 4) is 5.75 Å². The van der Waals surface area contributed by atoms with Crippen molar-refractivity contribution in [2.75, 3.05) is 19.5 Å². The normalized spacial score (nSPS) is 12.0. The van der Waals surface area contributed by atoms with E-state index in [-0.39, 0.29) is 22.7 Å². The molecule has 0 saturated heterocycles. The number of amides is 1. The molecular weight excluding hydrogens is 493 g/mol. The van der Waals surface area contributed by atoms with Crippen LogP contribution < -0.4 is 10.1 Å². The molecule has 0 aliphatic carbocycles. The Hall–Kier alpha value is -3.08. The minimum atomic E-state index is -4.65. The number of hydrogen-bond acceptors (Lipinski definition) is 4. The molecule has 0 atom stereocenters. The van der Waals surface area contributed by atoms with Crippen molar-refractivity contribution in [3.63, 3.8) is 0 Å². The molecule has 1 N–H and O–H groups in total. The van der Waals surface area contributed by atoms with Crippen molar-refractivity contribution in [1.82, 2.24) is 4.31 Å². The molecular formula is C23H20ClF3N2O4S. The molecule has 0 aromatic heterocycles. The van der Waals surface area contributed by atoms with Crippen LogP contribution in [-0.4, -0.2) is 32.8 Å². The van der Waals surface area contributed by atoms with Gasteiger partial charge in [0, 0.05) is 29.7 Å². The number of hydrogen-bond donors (Lipinski definition) is 1. The average Bonchev–Trinajstić information content (AvgIpc) is 2.79. The monoisotopic (exact) mass is 512 g/mol. The Balaban J connectivity index is 1.88. The lowest BCUT2D eigenvalue weighted by Gasteiger charge is -2.19. The third-order valence-corrected chi connectivity index (χ3v) is 7.01. The molecule has 0 fully saturated rings. The van der Waals surface area contributed by atoms with Crippen molar-refractivity contribution in [2.24, 2.45) is 0 Å². The third-order valence-electron chi connectivity index (χ3n) is 4.94. The molecule has 6 nitrogen and oxygen atoms in total. The lowest BCUT2D eigenvalue weighted by Crippen LogP contribution is -2.27. The van der Waals surface area contributed by atoms with Gasteiger partial charge in [-0.15, -0.1) is 0 Å². The zero-order valence-electron chi connectivity index (χ0n) is 18.1. The second-order valence-corrected chi connectivity index (χ2v) is 9.72. The number of methoxy groups -OCH3 is 1. The Kier molecular flexibility index (Phi) is 7.54.